The van der Waals surface area contributed by atoms with E-state index in [9.17, 15) is 14.4 Å². The summed E-state index contributed by atoms with van der Waals surface area (Å²) in [5, 5.41) is 14.9. The average Bonchev–Trinajstić information content (AvgIpc) is 3.02. The van der Waals surface area contributed by atoms with Crippen LogP contribution in [0, 0.1) is 5.92 Å². The van der Waals surface area contributed by atoms with Gasteiger partial charge in [0.2, 0.25) is 5.91 Å². The van der Waals surface area contributed by atoms with Crippen molar-refractivity contribution in [3.05, 3.63) is 0 Å². The number of likely N-dealkylation sites (tertiary alicyclic amines) is 1. The van der Waals surface area contributed by atoms with Gasteiger partial charge in [0.15, 0.2) is 0 Å². The number of alkyl carbamates (subject to hydrolysis) is 1. The minimum absolute atomic E-state index is 0.106. The first-order chi connectivity index (χ1) is 12.2. The summed E-state index contributed by atoms with van der Waals surface area (Å²) >= 11 is 0. The van der Waals surface area contributed by atoms with Crippen molar-refractivity contribution in [3.8, 4) is 0 Å². The Morgan fingerprint density at radius 2 is 1.77 bits per heavy atom. The van der Waals surface area contributed by atoms with E-state index in [1.807, 2.05) is 20.8 Å². The van der Waals surface area contributed by atoms with E-state index in [1.54, 1.807) is 0 Å². The molecule has 3 N–H and O–H groups in total. The summed E-state index contributed by atoms with van der Waals surface area (Å²) in [6.07, 6.45) is 3.42. The first kappa shape index (κ1) is 20.3. The van der Waals surface area contributed by atoms with E-state index in [-0.39, 0.29) is 18.0 Å². The molecule has 2 aliphatic rings. The second-order valence-electron chi connectivity index (χ2n) is 8.24. The van der Waals surface area contributed by atoms with Crippen LogP contribution >= 0.6 is 0 Å². The molecule has 0 spiro atoms. The third-order valence-corrected chi connectivity index (χ3v) is 4.93. The van der Waals surface area contributed by atoms with Crippen LogP contribution in [0.5, 0.6) is 0 Å². The van der Waals surface area contributed by atoms with E-state index >= 15 is 0 Å². The number of amides is 3. The molecule has 3 amide bonds. The summed E-state index contributed by atoms with van der Waals surface area (Å²) in [7, 11) is 0. The van der Waals surface area contributed by atoms with Crippen molar-refractivity contribution in [2.45, 2.75) is 77.0 Å². The second-order valence-corrected chi connectivity index (χ2v) is 8.24. The molecule has 1 saturated carbocycles. The molecule has 2 rings (SSSR count). The summed E-state index contributed by atoms with van der Waals surface area (Å²) in [6.45, 7) is 6.49. The SMILES string of the molecule is CC(C)(C)OC(=O)N[C@H]1CC[C@H](CNC(=O)[C@@H]2CCCN2C(=O)O)CC1. The quantitative estimate of drug-likeness (QED) is 0.705. The van der Waals surface area contributed by atoms with Gasteiger partial charge < -0.3 is 20.5 Å². The van der Waals surface area contributed by atoms with Gasteiger partial charge in [-0.3, -0.25) is 9.69 Å². The highest BCUT2D eigenvalue weighted by atomic mass is 16.6. The lowest BCUT2D eigenvalue weighted by Crippen LogP contribution is -2.47. The molecular weight excluding hydrogens is 338 g/mol. The molecule has 1 aliphatic carbocycles. The Kier molecular flexibility index (Phi) is 6.72. The van der Waals surface area contributed by atoms with Gasteiger partial charge >= 0.3 is 12.2 Å². The second kappa shape index (κ2) is 8.60. The Balaban J connectivity index is 1.68. The number of hydrogen-bond donors (Lipinski definition) is 3. The number of hydrogen-bond acceptors (Lipinski definition) is 4. The maximum atomic E-state index is 12.3. The molecule has 0 unspecified atom stereocenters. The number of nitrogens with one attached hydrogen (secondary N) is 2. The zero-order valence-corrected chi connectivity index (χ0v) is 15.9. The van der Waals surface area contributed by atoms with E-state index in [4.69, 9.17) is 9.84 Å². The summed E-state index contributed by atoms with van der Waals surface area (Å²) in [5.74, 6) is 0.161. The number of carbonyl (C=O) groups is 3. The van der Waals surface area contributed by atoms with E-state index in [2.05, 4.69) is 10.6 Å². The first-order valence-electron chi connectivity index (χ1n) is 9.42. The topological polar surface area (TPSA) is 108 Å². The van der Waals surface area contributed by atoms with E-state index in [0.29, 0.717) is 25.4 Å². The van der Waals surface area contributed by atoms with Crippen LogP contribution in [0.2, 0.25) is 0 Å². The summed E-state index contributed by atoms with van der Waals surface area (Å²) < 4.78 is 5.27. The lowest BCUT2D eigenvalue weighted by Gasteiger charge is -2.30. The van der Waals surface area contributed by atoms with Crippen LogP contribution < -0.4 is 10.6 Å². The molecule has 0 bridgehead atoms. The molecule has 148 valence electrons. The fourth-order valence-corrected chi connectivity index (χ4v) is 3.62. The highest BCUT2D eigenvalue weighted by Crippen LogP contribution is 2.24. The number of rotatable bonds is 4. The highest BCUT2D eigenvalue weighted by Gasteiger charge is 2.34. The Bertz CT molecular complexity index is 523. The maximum absolute atomic E-state index is 12.3. The Morgan fingerprint density at radius 3 is 2.35 bits per heavy atom. The van der Waals surface area contributed by atoms with Crippen LogP contribution in [0.25, 0.3) is 0 Å². The number of carbonyl (C=O) groups excluding carboxylic acids is 2. The van der Waals surface area contributed by atoms with Crippen molar-refractivity contribution in [1.82, 2.24) is 15.5 Å². The predicted octanol–water partition coefficient (Wildman–Crippen LogP) is 2.33. The Morgan fingerprint density at radius 1 is 1.12 bits per heavy atom. The summed E-state index contributed by atoms with van der Waals surface area (Å²) in [6, 6.07) is -0.452. The number of ether oxygens (including phenoxy) is 1. The molecule has 0 aromatic rings. The molecule has 0 aromatic heterocycles. The highest BCUT2D eigenvalue weighted by molar-refractivity contribution is 5.85. The fourth-order valence-electron chi connectivity index (χ4n) is 3.62. The third-order valence-electron chi connectivity index (χ3n) is 4.93. The molecule has 26 heavy (non-hydrogen) atoms. The van der Waals surface area contributed by atoms with Crippen LogP contribution in [0.15, 0.2) is 0 Å². The fraction of sp³-hybridized carbons (Fsp3) is 0.833. The Hall–Kier alpha value is -1.99. The van der Waals surface area contributed by atoms with Gasteiger partial charge in [0.25, 0.3) is 0 Å². The minimum atomic E-state index is -1.03. The number of carboxylic acid groups (broad SMARTS) is 1. The molecule has 0 radical (unpaired) electrons. The van der Waals surface area contributed by atoms with Crippen LogP contribution in [-0.4, -0.2) is 58.9 Å². The summed E-state index contributed by atoms with van der Waals surface area (Å²) in [4.78, 5) is 36.4. The molecule has 1 heterocycles. The van der Waals surface area contributed by atoms with Crippen molar-refractivity contribution in [2.24, 2.45) is 5.92 Å². The predicted molar refractivity (Wildman–Crippen MR) is 95.9 cm³/mol. The molecule has 1 atom stereocenters. The van der Waals surface area contributed by atoms with Gasteiger partial charge in [0.1, 0.15) is 11.6 Å². The normalized spacial score (nSPS) is 26.3. The third kappa shape index (κ3) is 6.07. The van der Waals surface area contributed by atoms with Crippen LogP contribution in [0.4, 0.5) is 9.59 Å². The van der Waals surface area contributed by atoms with E-state index < -0.39 is 17.7 Å². The molecule has 8 nitrogen and oxygen atoms in total. The molecule has 1 aliphatic heterocycles. The van der Waals surface area contributed by atoms with Gasteiger partial charge in [-0.05, 0) is 65.2 Å². The van der Waals surface area contributed by atoms with Gasteiger partial charge in [0.05, 0.1) is 0 Å². The largest absolute Gasteiger partial charge is 0.465 e. The van der Waals surface area contributed by atoms with Gasteiger partial charge in [-0.1, -0.05) is 0 Å². The Labute approximate surface area is 154 Å². The van der Waals surface area contributed by atoms with Crippen LogP contribution in [0.3, 0.4) is 0 Å². The van der Waals surface area contributed by atoms with Crippen molar-refractivity contribution in [2.75, 3.05) is 13.1 Å². The molecule has 2 fully saturated rings. The standard InChI is InChI=1S/C18H31N3O5/c1-18(2,3)26-16(23)20-13-8-6-12(7-9-13)11-19-15(22)14-5-4-10-21(14)17(24)25/h12-14H,4-11H2,1-3H3,(H,19,22)(H,20,23)(H,24,25)/t12-,13-,14-/m0/s1. The van der Waals surface area contributed by atoms with Gasteiger partial charge in [-0.15, -0.1) is 0 Å². The average molecular weight is 369 g/mol. The molecule has 1 saturated heterocycles. The van der Waals surface area contributed by atoms with Crippen LogP contribution in [0.1, 0.15) is 59.3 Å². The monoisotopic (exact) mass is 369 g/mol. The minimum Gasteiger partial charge on any atom is -0.465 e. The molecule has 8 heteroatoms. The van der Waals surface area contributed by atoms with Gasteiger partial charge in [-0.25, -0.2) is 9.59 Å². The van der Waals surface area contributed by atoms with E-state index in [0.717, 1.165) is 32.1 Å². The zero-order chi connectivity index (χ0) is 19.3. The van der Waals surface area contributed by atoms with Crippen molar-refractivity contribution in [3.63, 3.8) is 0 Å². The van der Waals surface area contributed by atoms with Crippen molar-refractivity contribution < 1.29 is 24.2 Å². The first-order valence-corrected chi connectivity index (χ1v) is 9.42. The summed E-state index contributed by atoms with van der Waals surface area (Å²) in [5.41, 5.74) is -0.504. The maximum Gasteiger partial charge on any atom is 0.407 e. The number of nitrogens with zero attached hydrogens (tertiary/aromatic N) is 1. The van der Waals surface area contributed by atoms with Crippen LogP contribution in [-0.2, 0) is 9.53 Å². The van der Waals surface area contributed by atoms with Gasteiger partial charge in [-0.2, -0.15) is 0 Å². The lowest BCUT2D eigenvalue weighted by molar-refractivity contribution is -0.125. The lowest BCUT2D eigenvalue weighted by atomic mass is 9.86. The van der Waals surface area contributed by atoms with Gasteiger partial charge in [0, 0.05) is 19.1 Å². The molecular formula is C18H31N3O5. The van der Waals surface area contributed by atoms with Crippen molar-refractivity contribution >= 4 is 18.1 Å². The molecule has 0 aromatic carbocycles. The van der Waals surface area contributed by atoms with Crippen molar-refractivity contribution in [1.29, 1.82) is 0 Å². The van der Waals surface area contributed by atoms with E-state index in [1.165, 1.54) is 4.90 Å². The zero-order valence-electron chi connectivity index (χ0n) is 15.9. The smallest absolute Gasteiger partial charge is 0.407 e.